The number of hydrogen-bond donors (Lipinski definition) is 1. The predicted octanol–water partition coefficient (Wildman–Crippen LogP) is 2.55. The van der Waals surface area contributed by atoms with Crippen LogP contribution in [-0.2, 0) is 0 Å². The molecule has 4 aromatic rings. The highest BCUT2D eigenvalue weighted by atomic mass is 35.5. The van der Waals surface area contributed by atoms with Crippen molar-refractivity contribution >= 4 is 22.9 Å². The van der Waals surface area contributed by atoms with Crippen LogP contribution in [-0.4, -0.2) is 30.9 Å². The molecule has 0 amide bonds. The number of hydrogen-bond acceptors (Lipinski definition) is 6. The molecular formula is C16H11ClN6O2. The van der Waals surface area contributed by atoms with Crippen LogP contribution in [0.2, 0.25) is 5.28 Å². The van der Waals surface area contributed by atoms with Crippen LogP contribution in [0.25, 0.3) is 22.5 Å². The van der Waals surface area contributed by atoms with Crippen LogP contribution >= 0.6 is 11.6 Å². The summed E-state index contributed by atoms with van der Waals surface area (Å²) in [6.45, 7) is 0.215. The van der Waals surface area contributed by atoms with Crippen LogP contribution < -0.4 is 15.2 Å². The lowest BCUT2D eigenvalue weighted by Gasteiger charge is -2.05. The number of fused-ring (bicyclic) bond motifs is 2. The first-order valence-corrected chi connectivity index (χ1v) is 7.82. The number of para-hydroxylation sites is 1. The number of nitrogens with two attached hydrogens (primary N) is 1. The number of benzene rings is 1. The van der Waals surface area contributed by atoms with Crippen LogP contribution in [0.3, 0.4) is 0 Å². The number of anilines is 1. The van der Waals surface area contributed by atoms with Crippen molar-refractivity contribution < 1.29 is 9.47 Å². The standard InChI is InChI=1S/C16H11ClN6O2/c17-16-20-15(18)13-9(4-5-23(13)21-16)10-6-22(7-19-10)11-2-1-3-12-14(11)25-8-24-12/h1-7H,8H2,(H2,18,20,21). The predicted molar refractivity (Wildman–Crippen MR) is 91.1 cm³/mol. The highest BCUT2D eigenvalue weighted by Crippen LogP contribution is 2.38. The molecule has 0 fully saturated rings. The van der Waals surface area contributed by atoms with Gasteiger partial charge in [0.1, 0.15) is 11.8 Å². The third-order valence-electron chi connectivity index (χ3n) is 4.02. The quantitative estimate of drug-likeness (QED) is 0.594. The van der Waals surface area contributed by atoms with Crippen molar-refractivity contribution in [3.05, 3.63) is 48.3 Å². The summed E-state index contributed by atoms with van der Waals surface area (Å²) >= 11 is 5.85. The first-order valence-electron chi connectivity index (χ1n) is 7.44. The number of halogens is 1. The number of nitrogens with zero attached hydrogens (tertiary/aromatic N) is 5. The Bertz CT molecular complexity index is 1120. The minimum atomic E-state index is 0.0923. The molecule has 1 aromatic carbocycles. The maximum Gasteiger partial charge on any atom is 0.243 e. The van der Waals surface area contributed by atoms with Crippen molar-refractivity contribution in [2.75, 3.05) is 12.5 Å². The van der Waals surface area contributed by atoms with E-state index in [9.17, 15) is 0 Å². The van der Waals surface area contributed by atoms with Crippen molar-refractivity contribution in [1.82, 2.24) is 24.1 Å². The van der Waals surface area contributed by atoms with Crippen LogP contribution in [0, 0.1) is 0 Å². The maximum atomic E-state index is 6.00. The molecule has 1 aliphatic rings. The summed E-state index contributed by atoms with van der Waals surface area (Å²) in [5, 5.41) is 4.21. The first kappa shape index (κ1) is 14.1. The molecule has 2 N–H and O–H groups in total. The average molecular weight is 355 g/mol. The van der Waals surface area contributed by atoms with E-state index in [1.165, 1.54) is 0 Å². The van der Waals surface area contributed by atoms with Gasteiger partial charge in [-0.1, -0.05) is 6.07 Å². The van der Waals surface area contributed by atoms with Gasteiger partial charge in [-0.2, -0.15) is 4.98 Å². The zero-order valence-electron chi connectivity index (χ0n) is 12.8. The van der Waals surface area contributed by atoms with Gasteiger partial charge in [0.2, 0.25) is 12.1 Å². The second kappa shape index (κ2) is 5.12. The van der Waals surface area contributed by atoms with Crippen molar-refractivity contribution in [3.8, 4) is 28.4 Å². The molecule has 25 heavy (non-hydrogen) atoms. The molecule has 9 heteroatoms. The Morgan fingerprint density at radius 3 is 3.04 bits per heavy atom. The summed E-state index contributed by atoms with van der Waals surface area (Å²) in [6, 6.07) is 7.59. The lowest BCUT2D eigenvalue weighted by Crippen LogP contribution is -2.00. The van der Waals surface area contributed by atoms with Gasteiger partial charge in [0.15, 0.2) is 17.3 Å². The average Bonchev–Trinajstić information content (AvgIpc) is 3.32. The molecule has 5 rings (SSSR count). The summed E-state index contributed by atoms with van der Waals surface area (Å²) in [7, 11) is 0. The second-order valence-corrected chi connectivity index (χ2v) is 5.80. The Kier molecular flexibility index (Phi) is 2.89. The number of aromatic nitrogens is 5. The Hall–Kier alpha value is -3.26. The van der Waals surface area contributed by atoms with Gasteiger partial charge < -0.3 is 19.8 Å². The van der Waals surface area contributed by atoms with E-state index >= 15 is 0 Å². The Morgan fingerprint density at radius 1 is 1.20 bits per heavy atom. The summed E-state index contributed by atoms with van der Waals surface area (Å²) in [4.78, 5) is 8.50. The van der Waals surface area contributed by atoms with E-state index < -0.39 is 0 Å². The van der Waals surface area contributed by atoms with Gasteiger partial charge in [0.25, 0.3) is 0 Å². The monoisotopic (exact) mass is 354 g/mol. The van der Waals surface area contributed by atoms with Gasteiger partial charge in [0.05, 0.1) is 11.4 Å². The van der Waals surface area contributed by atoms with E-state index in [0.717, 1.165) is 16.9 Å². The Morgan fingerprint density at radius 2 is 2.12 bits per heavy atom. The summed E-state index contributed by atoms with van der Waals surface area (Å²) in [6.07, 6.45) is 5.37. The molecule has 4 heterocycles. The van der Waals surface area contributed by atoms with Gasteiger partial charge in [-0.25, -0.2) is 9.50 Å². The molecule has 0 radical (unpaired) electrons. The van der Waals surface area contributed by atoms with E-state index in [2.05, 4.69) is 15.1 Å². The molecule has 0 aliphatic carbocycles. The maximum absolute atomic E-state index is 6.00. The third-order valence-corrected chi connectivity index (χ3v) is 4.18. The van der Waals surface area contributed by atoms with Crippen LogP contribution in [0.5, 0.6) is 11.5 Å². The fourth-order valence-corrected chi connectivity index (χ4v) is 3.12. The minimum absolute atomic E-state index is 0.0923. The van der Waals surface area contributed by atoms with E-state index in [1.54, 1.807) is 17.0 Å². The SMILES string of the molecule is Nc1nc(Cl)nn2ccc(-c3cn(-c4cccc5c4OCO5)cn3)c12. The molecular weight excluding hydrogens is 344 g/mol. The normalized spacial score (nSPS) is 12.8. The second-order valence-electron chi connectivity index (χ2n) is 5.47. The smallest absolute Gasteiger partial charge is 0.243 e. The van der Waals surface area contributed by atoms with Crippen LogP contribution in [0.4, 0.5) is 5.82 Å². The number of rotatable bonds is 2. The minimum Gasteiger partial charge on any atom is -0.454 e. The van der Waals surface area contributed by atoms with Gasteiger partial charge >= 0.3 is 0 Å². The molecule has 0 saturated heterocycles. The van der Waals surface area contributed by atoms with E-state index in [-0.39, 0.29) is 12.1 Å². The zero-order valence-corrected chi connectivity index (χ0v) is 13.5. The molecule has 8 nitrogen and oxygen atoms in total. The molecule has 0 atom stereocenters. The zero-order chi connectivity index (χ0) is 17.0. The lowest BCUT2D eigenvalue weighted by atomic mass is 10.2. The Balaban J connectivity index is 1.64. The van der Waals surface area contributed by atoms with Crippen LogP contribution in [0.1, 0.15) is 0 Å². The van der Waals surface area contributed by atoms with E-state index in [4.69, 9.17) is 26.8 Å². The first-order chi connectivity index (χ1) is 12.2. The Labute approximate surface area is 146 Å². The topological polar surface area (TPSA) is 92.5 Å². The van der Waals surface area contributed by atoms with Crippen molar-refractivity contribution in [2.45, 2.75) is 0 Å². The highest BCUT2D eigenvalue weighted by Gasteiger charge is 2.20. The number of ether oxygens (including phenoxy) is 2. The molecule has 1 aliphatic heterocycles. The largest absolute Gasteiger partial charge is 0.454 e. The third kappa shape index (κ3) is 2.11. The number of imidazole rings is 1. The van der Waals surface area contributed by atoms with E-state index in [1.807, 2.05) is 35.0 Å². The summed E-state index contributed by atoms with van der Waals surface area (Å²) in [5.41, 5.74) is 9.07. The molecule has 0 bridgehead atoms. The lowest BCUT2D eigenvalue weighted by molar-refractivity contribution is 0.174. The van der Waals surface area contributed by atoms with Gasteiger partial charge in [-0.15, -0.1) is 5.10 Å². The van der Waals surface area contributed by atoms with E-state index in [0.29, 0.717) is 22.8 Å². The summed E-state index contributed by atoms with van der Waals surface area (Å²) < 4.78 is 14.4. The molecule has 3 aromatic heterocycles. The highest BCUT2D eigenvalue weighted by molar-refractivity contribution is 6.28. The van der Waals surface area contributed by atoms with Crippen LogP contribution in [0.15, 0.2) is 43.0 Å². The van der Waals surface area contributed by atoms with Gasteiger partial charge in [-0.05, 0) is 29.8 Å². The molecule has 0 unspecified atom stereocenters. The van der Waals surface area contributed by atoms with Crippen molar-refractivity contribution in [2.24, 2.45) is 0 Å². The number of nitrogen functional groups attached to an aromatic ring is 1. The summed E-state index contributed by atoms with van der Waals surface area (Å²) in [5.74, 6) is 1.71. The molecule has 124 valence electrons. The molecule has 0 saturated carbocycles. The van der Waals surface area contributed by atoms with Crippen molar-refractivity contribution in [1.29, 1.82) is 0 Å². The van der Waals surface area contributed by atoms with Crippen molar-refractivity contribution in [3.63, 3.8) is 0 Å². The van der Waals surface area contributed by atoms with Gasteiger partial charge in [0, 0.05) is 18.0 Å². The fourth-order valence-electron chi connectivity index (χ4n) is 2.94. The fraction of sp³-hybridized carbons (Fsp3) is 0.0625. The van der Waals surface area contributed by atoms with Gasteiger partial charge in [-0.3, -0.25) is 0 Å². The molecule has 0 spiro atoms.